The molecule has 0 aliphatic rings. The monoisotopic (exact) mass is 303 g/mol. The van der Waals surface area contributed by atoms with Gasteiger partial charge in [0, 0.05) is 0 Å². The molecule has 7 heteroatoms. The zero-order chi connectivity index (χ0) is 16.1. The number of hydrogen-bond donors (Lipinski definition) is 2. The maximum atomic E-state index is 12.4. The van der Waals surface area contributed by atoms with Gasteiger partial charge in [-0.25, -0.2) is 4.79 Å². The average molecular weight is 303 g/mol. The fourth-order valence-electron chi connectivity index (χ4n) is 2.06. The summed E-state index contributed by atoms with van der Waals surface area (Å²) in [5, 5.41) is 15.4. The molecule has 0 bridgehead atoms. The lowest BCUT2D eigenvalue weighted by Gasteiger charge is -2.14. The van der Waals surface area contributed by atoms with Crippen LogP contribution in [0.25, 0.3) is 11.5 Å². The van der Waals surface area contributed by atoms with Crippen molar-refractivity contribution in [1.82, 2.24) is 15.5 Å². The second-order valence-electron chi connectivity index (χ2n) is 4.85. The van der Waals surface area contributed by atoms with E-state index in [1.165, 1.54) is 0 Å². The highest BCUT2D eigenvalue weighted by atomic mass is 16.5. The van der Waals surface area contributed by atoms with Crippen molar-refractivity contribution < 1.29 is 19.2 Å². The zero-order valence-corrected chi connectivity index (χ0v) is 12.4. The number of carboxylic acids is 1. The Kier molecular flexibility index (Phi) is 4.88. The fourth-order valence-corrected chi connectivity index (χ4v) is 2.06. The number of aromatic nitrogens is 2. The molecule has 0 aliphatic carbocycles. The number of rotatable bonds is 6. The first-order valence-corrected chi connectivity index (χ1v) is 6.96. The Labute approximate surface area is 127 Å². The number of amides is 1. The minimum absolute atomic E-state index is 0.227. The predicted octanol–water partition coefficient (Wildman–Crippen LogP) is 2.03. The predicted molar refractivity (Wildman–Crippen MR) is 78.3 cm³/mol. The van der Waals surface area contributed by atoms with Gasteiger partial charge in [-0.2, -0.15) is 4.98 Å². The molecule has 1 unspecified atom stereocenters. The number of hydrogen-bond acceptors (Lipinski definition) is 5. The zero-order valence-electron chi connectivity index (χ0n) is 12.4. The number of carboxylic acid groups (broad SMARTS) is 1. The number of aliphatic carboxylic acids is 1. The standard InChI is InChI=1S/C15H17N3O4/c1-3-6-12(15(20)21)17-13(19)10-7-4-5-8-11(10)14-16-9(2)18-22-14/h4-5,7-8,12H,3,6H2,1-2H3,(H,17,19)(H,20,21). The molecule has 0 radical (unpaired) electrons. The van der Waals surface area contributed by atoms with Gasteiger partial charge in [-0.15, -0.1) is 0 Å². The molecule has 0 saturated heterocycles. The van der Waals surface area contributed by atoms with Crippen LogP contribution in [0.2, 0.25) is 0 Å². The first-order valence-electron chi connectivity index (χ1n) is 6.96. The van der Waals surface area contributed by atoms with E-state index in [4.69, 9.17) is 9.63 Å². The smallest absolute Gasteiger partial charge is 0.326 e. The van der Waals surface area contributed by atoms with Crippen LogP contribution in [-0.2, 0) is 4.79 Å². The lowest BCUT2D eigenvalue weighted by atomic mass is 10.1. The molecule has 0 fully saturated rings. The van der Waals surface area contributed by atoms with E-state index in [-0.39, 0.29) is 5.89 Å². The van der Waals surface area contributed by atoms with E-state index in [0.717, 1.165) is 0 Å². The van der Waals surface area contributed by atoms with Gasteiger partial charge in [0.25, 0.3) is 11.8 Å². The van der Waals surface area contributed by atoms with Crippen LogP contribution < -0.4 is 5.32 Å². The van der Waals surface area contributed by atoms with E-state index < -0.39 is 17.9 Å². The van der Waals surface area contributed by atoms with Crippen LogP contribution in [-0.4, -0.2) is 33.2 Å². The Morgan fingerprint density at radius 2 is 2.09 bits per heavy atom. The summed E-state index contributed by atoms with van der Waals surface area (Å²) in [4.78, 5) is 27.6. The number of nitrogens with zero attached hydrogens (tertiary/aromatic N) is 2. The molecular weight excluding hydrogens is 286 g/mol. The van der Waals surface area contributed by atoms with Gasteiger partial charge >= 0.3 is 5.97 Å². The molecule has 1 heterocycles. The summed E-state index contributed by atoms with van der Waals surface area (Å²) >= 11 is 0. The number of benzene rings is 1. The molecule has 1 atom stereocenters. The van der Waals surface area contributed by atoms with Crippen LogP contribution in [0.1, 0.15) is 35.9 Å². The molecule has 1 aromatic carbocycles. The molecule has 2 rings (SSSR count). The summed E-state index contributed by atoms with van der Waals surface area (Å²) in [5.41, 5.74) is 0.773. The Morgan fingerprint density at radius 3 is 2.68 bits per heavy atom. The highest BCUT2D eigenvalue weighted by Crippen LogP contribution is 2.22. The van der Waals surface area contributed by atoms with Crippen molar-refractivity contribution in [2.75, 3.05) is 0 Å². The first-order chi connectivity index (χ1) is 10.5. The maximum Gasteiger partial charge on any atom is 0.326 e. The van der Waals surface area contributed by atoms with Crippen molar-refractivity contribution in [3.8, 4) is 11.5 Å². The van der Waals surface area contributed by atoms with E-state index in [0.29, 0.717) is 29.8 Å². The topological polar surface area (TPSA) is 105 Å². The van der Waals surface area contributed by atoms with Crippen molar-refractivity contribution in [3.05, 3.63) is 35.7 Å². The average Bonchev–Trinajstić information content (AvgIpc) is 2.93. The molecule has 0 spiro atoms. The van der Waals surface area contributed by atoms with E-state index >= 15 is 0 Å². The summed E-state index contributed by atoms with van der Waals surface area (Å²) in [6.07, 6.45) is 1.02. The Bertz CT molecular complexity index is 681. The highest BCUT2D eigenvalue weighted by Gasteiger charge is 2.22. The van der Waals surface area contributed by atoms with E-state index in [9.17, 15) is 9.59 Å². The van der Waals surface area contributed by atoms with Crippen molar-refractivity contribution in [1.29, 1.82) is 0 Å². The minimum Gasteiger partial charge on any atom is -0.480 e. The van der Waals surface area contributed by atoms with Crippen LogP contribution >= 0.6 is 0 Å². The molecule has 2 aromatic rings. The number of carbonyl (C=O) groups is 2. The molecular formula is C15H17N3O4. The summed E-state index contributed by atoms with van der Waals surface area (Å²) in [6.45, 7) is 3.54. The van der Waals surface area contributed by atoms with E-state index in [1.807, 2.05) is 6.92 Å². The molecule has 1 amide bonds. The molecule has 22 heavy (non-hydrogen) atoms. The van der Waals surface area contributed by atoms with E-state index in [2.05, 4.69) is 15.5 Å². The highest BCUT2D eigenvalue weighted by molar-refractivity contribution is 6.01. The van der Waals surface area contributed by atoms with Crippen molar-refractivity contribution in [2.24, 2.45) is 0 Å². The quantitative estimate of drug-likeness (QED) is 0.846. The molecule has 7 nitrogen and oxygen atoms in total. The number of aryl methyl sites for hydroxylation is 1. The lowest BCUT2D eigenvalue weighted by Crippen LogP contribution is -2.40. The summed E-state index contributed by atoms with van der Waals surface area (Å²) < 4.78 is 5.08. The second kappa shape index (κ2) is 6.84. The van der Waals surface area contributed by atoms with Gasteiger partial charge < -0.3 is 14.9 Å². The van der Waals surface area contributed by atoms with Gasteiger partial charge in [-0.1, -0.05) is 30.6 Å². The van der Waals surface area contributed by atoms with Gasteiger partial charge in [0.05, 0.1) is 11.1 Å². The van der Waals surface area contributed by atoms with Crippen LogP contribution in [0.4, 0.5) is 0 Å². The molecule has 2 N–H and O–H groups in total. The van der Waals surface area contributed by atoms with Crippen molar-refractivity contribution in [3.63, 3.8) is 0 Å². The fraction of sp³-hybridized carbons (Fsp3) is 0.333. The number of carbonyl (C=O) groups excluding carboxylic acids is 1. The molecule has 116 valence electrons. The maximum absolute atomic E-state index is 12.4. The van der Waals surface area contributed by atoms with Crippen LogP contribution in [0.5, 0.6) is 0 Å². The minimum atomic E-state index is -1.05. The Hall–Kier alpha value is -2.70. The Balaban J connectivity index is 2.28. The van der Waals surface area contributed by atoms with Gasteiger partial charge in [-0.3, -0.25) is 4.79 Å². The van der Waals surface area contributed by atoms with Gasteiger partial charge in [0.2, 0.25) is 0 Å². The lowest BCUT2D eigenvalue weighted by molar-refractivity contribution is -0.139. The molecule has 0 aliphatic heterocycles. The van der Waals surface area contributed by atoms with Crippen molar-refractivity contribution in [2.45, 2.75) is 32.7 Å². The largest absolute Gasteiger partial charge is 0.480 e. The third-order valence-corrected chi connectivity index (χ3v) is 3.11. The summed E-state index contributed by atoms with van der Waals surface area (Å²) in [6, 6.07) is 5.78. The third-order valence-electron chi connectivity index (χ3n) is 3.11. The first kappa shape index (κ1) is 15.7. The van der Waals surface area contributed by atoms with Crippen LogP contribution in [0.15, 0.2) is 28.8 Å². The summed E-state index contributed by atoms with van der Waals surface area (Å²) in [5.74, 6) is -0.848. The van der Waals surface area contributed by atoms with Crippen molar-refractivity contribution >= 4 is 11.9 Å². The van der Waals surface area contributed by atoms with Gasteiger partial charge in [0.15, 0.2) is 5.82 Å². The van der Waals surface area contributed by atoms with Crippen LogP contribution in [0.3, 0.4) is 0 Å². The second-order valence-corrected chi connectivity index (χ2v) is 4.85. The van der Waals surface area contributed by atoms with E-state index in [1.54, 1.807) is 31.2 Å². The molecule has 1 aromatic heterocycles. The Morgan fingerprint density at radius 1 is 1.36 bits per heavy atom. The van der Waals surface area contributed by atoms with Gasteiger partial charge in [0.1, 0.15) is 6.04 Å². The molecule has 0 saturated carbocycles. The van der Waals surface area contributed by atoms with Gasteiger partial charge in [-0.05, 0) is 25.5 Å². The number of nitrogens with one attached hydrogen (secondary N) is 1. The third kappa shape index (κ3) is 3.49. The van der Waals surface area contributed by atoms with Crippen LogP contribution in [0, 0.1) is 6.92 Å². The SMILES string of the molecule is CCCC(NC(=O)c1ccccc1-c1nc(C)no1)C(=O)O. The summed E-state index contributed by atoms with van der Waals surface area (Å²) in [7, 11) is 0. The normalized spacial score (nSPS) is 11.9.